The van der Waals surface area contributed by atoms with Crippen LogP contribution in [0, 0.1) is 6.92 Å². The lowest BCUT2D eigenvalue weighted by molar-refractivity contribution is -0.136. The molecule has 3 aromatic carbocycles. The van der Waals surface area contributed by atoms with Crippen molar-refractivity contribution >= 4 is 17.0 Å². The maximum absolute atomic E-state index is 11.6. The minimum absolute atomic E-state index is 0.0675. The summed E-state index contributed by atoms with van der Waals surface area (Å²) in [4.78, 5) is 19.1. The maximum Gasteiger partial charge on any atom is 0.307 e. The summed E-state index contributed by atoms with van der Waals surface area (Å²) in [6.45, 7) is 1.91. The molecule has 5 rings (SSSR count). The number of nitrogens with zero attached hydrogens (tertiary/aromatic N) is 1. The maximum atomic E-state index is 11.6. The number of fused-ring (bicyclic) bond motifs is 2. The Morgan fingerprint density at radius 1 is 1.05 bits per heavy atom. The fourth-order valence-electron chi connectivity index (χ4n) is 5.26. The quantitative estimate of drug-likeness (QED) is 0.287. The van der Waals surface area contributed by atoms with Crippen molar-refractivity contribution in [2.24, 2.45) is 0 Å². The summed E-state index contributed by atoms with van der Waals surface area (Å²) < 4.78 is 17.7. The van der Waals surface area contributed by atoms with E-state index in [-0.39, 0.29) is 12.5 Å². The molecular formula is C30H32N2O6. The van der Waals surface area contributed by atoms with E-state index < -0.39 is 18.2 Å². The Hall–Kier alpha value is -3.88. The third kappa shape index (κ3) is 5.37. The van der Waals surface area contributed by atoms with Crippen LogP contribution in [0.3, 0.4) is 0 Å². The van der Waals surface area contributed by atoms with Gasteiger partial charge in [-0.15, -0.1) is 0 Å². The van der Waals surface area contributed by atoms with Crippen molar-refractivity contribution in [2.75, 3.05) is 14.2 Å². The fourth-order valence-corrected chi connectivity index (χ4v) is 5.26. The molecule has 2 atom stereocenters. The Kier molecular flexibility index (Phi) is 7.35. The van der Waals surface area contributed by atoms with Gasteiger partial charge in [-0.05, 0) is 66.3 Å². The van der Waals surface area contributed by atoms with Crippen LogP contribution >= 0.6 is 0 Å². The van der Waals surface area contributed by atoms with Crippen molar-refractivity contribution in [2.45, 2.75) is 50.9 Å². The van der Waals surface area contributed by atoms with Crippen LogP contribution in [0.4, 0.5) is 0 Å². The summed E-state index contributed by atoms with van der Waals surface area (Å²) >= 11 is 0. The number of aliphatic carboxylic acids is 1. The number of aromatic amines is 1. The molecule has 1 unspecified atom stereocenters. The van der Waals surface area contributed by atoms with Gasteiger partial charge in [0.2, 0.25) is 0 Å². The Bertz CT molecular complexity index is 1410. The highest BCUT2D eigenvalue weighted by Gasteiger charge is 2.31. The molecule has 1 aliphatic carbocycles. The molecular weight excluding hydrogens is 484 g/mol. The number of rotatable bonds is 10. The van der Waals surface area contributed by atoms with E-state index in [1.807, 2.05) is 37.3 Å². The van der Waals surface area contributed by atoms with Crippen LogP contribution in [0.1, 0.15) is 39.7 Å². The van der Waals surface area contributed by atoms with Crippen molar-refractivity contribution in [1.82, 2.24) is 9.97 Å². The van der Waals surface area contributed by atoms with E-state index in [2.05, 4.69) is 17.1 Å². The van der Waals surface area contributed by atoms with Gasteiger partial charge in [-0.1, -0.05) is 30.3 Å². The molecule has 0 saturated heterocycles. The number of H-pyrrole nitrogens is 1. The molecule has 0 fully saturated rings. The zero-order valence-electron chi connectivity index (χ0n) is 21.7. The predicted molar refractivity (Wildman–Crippen MR) is 143 cm³/mol. The van der Waals surface area contributed by atoms with Gasteiger partial charge in [0.05, 0.1) is 43.9 Å². The first kappa shape index (κ1) is 25.8. The first-order valence-electron chi connectivity index (χ1n) is 12.7. The van der Waals surface area contributed by atoms with Crippen LogP contribution in [0.15, 0.2) is 54.6 Å². The number of benzene rings is 3. The first-order chi connectivity index (χ1) is 18.3. The fraction of sp³-hybridized carbons (Fsp3) is 0.333. The molecule has 198 valence electrons. The smallest absolute Gasteiger partial charge is 0.307 e. The highest BCUT2D eigenvalue weighted by Crippen LogP contribution is 2.35. The monoisotopic (exact) mass is 516 g/mol. The molecule has 4 aromatic rings. The number of methoxy groups -OCH3 is 2. The normalized spacial score (nSPS) is 14.8. The second kappa shape index (κ2) is 10.8. The third-order valence-electron chi connectivity index (χ3n) is 7.20. The number of carbonyl (C=O) groups is 1. The Balaban J connectivity index is 1.45. The van der Waals surface area contributed by atoms with E-state index in [0.29, 0.717) is 40.4 Å². The van der Waals surface area contributed by atoms with Gasteiger partial charge < -0.3 is 29.4 Å². The molecule has 8 nitrogen and oxygen atoms in total. The summed E-state index contributed by atoms with van der Waals surface area (Å²) in [5, 5.41) is 20.8. The molecule has 1 aliphatic rings. The number of nitrogens with one attached hydrogen (secondary N) is 1. The van der Waals surface area contributed by atoms with Crippen molar-refractivity contribution in [1.29, 1.82) is 0 Å². The molecule has 1 aromatic heterocycles. The van der Waals surface area contributed by atoms with Crippen LogP contribution in [0.2, 0.25) is 0 Å². The number of hydrogen-bond acceptors (Lipinski definition) is 6. The predicted octanol–water partition coefficient (Wildman–Crippen LogP) is 4.34. The van der Waals surface area contributed by atoms with Gasteiger partial charge in [0, 0.05) is 12.0 Å². The Morgan fingerprint density at radius 2 is 1.71 bits per heavy atom. The molecule has 0 amide bonds. The molecule has 38 heavy (non-hydrogen) atoms. The summed E-state index contributed by atoms with van der Waals surface area (Å²) in [5.41, 5.74) is 6.17. The van der Waals surface area contributed by atoms with E-state index in [4.69, 9.17) is 24.3 Å². The zero-order chi connectivity index (χ0) is 26.8. The lowest BCUT2D eigenvalue weighted by Crippen LogP contribution is -2.31. The number of aromatic nitrogens is 2. The molecule has 0 aliphatic heterocycles. The van der Waals surface area contributed by atoms with E-state index in [1.54, 1.807) is 26.4 Å². The topological polar surface area (TPSA) is 114 Å². The summed E-state index contributed by atoms with van der Waals surface area (Å²) in [6, 6.07) is 17.3. The van der Waals surface area contributed by atoms with Gasteiger partial charge in [-0.2, -0.15) is 0 Å². The second-order valence-electron chi connectivity index (χ2n) is 9.78. The molecule has 1 heterocycles. The van der Waals surface area contributed by atoms with Gasteiger partial charge in [-0.25, -0.2) is 4.98 Å². The number of hydrogen-bond donors (Lipinski definition) is 3. The summed E-state index contributed by atoms with van der Waals surface area (Å²) in [7, 11) is 3.18. The number of carboxylic acid groups (broad SMARTS) is 1. The first-order valence-corrected chi connectivity index (χ1v) is 12.7. The van der Waals surface area contributed by atoms with Gasteiger partial charge in [0.1, 0.15) is 23.4 Å². The van der Waals surface area contributed by atoms with E-state index in [1.165, 1.54) is 11.1 Å². The number of aliphatic hydroxyl groups is 1. The van der Waals surface area contributed by atoms with Crippen LogP contribution in [-0.2, 0) is 35.2 Å². The Morgan fingerprint density at radius 3 is 2.32 bits per heavy atom. The Labute approximate surface area is 221 Å². The van der Waals surface area contributed by atoms with Crippen molar-refractivity contribution < 1.29 is 29.2 Å². The summed E-state index contributed by atoms with van der Waals surface area (Å²) in [6.07, 6.45) is 0.158. The van der Waals surface area contributed by atoms with Crippen molar-refractivity contribution in [3.63, 3.8) is 0 Å². The highest BCUT2D eigenvalue weighted by molar-refractivity contribution is 5.78. The average Bonchev–Trinajstić information content (AvgIpc) is 3.50. The molecule has 0 spiro atoms. The van der Waals surface area contributed by atoms with Gasteiger partial charge >= 0.3 is 5.97 Å². The highest BCUT2D eigenvalue weighted by atomic mass is 16.5. The molecule has 8 heteroatoms. The summed E-state index contributed by atoms with van der Waals surface area (Å²) in [5.74, 6) is 1.01. The second-order valence-corrected chi connectivity index (χ2v) is 9.78. The van der Waals surface area contributed by atoms with E-state index >= 15 is 0 Å². The molecule has 0 bridgehead atoms. The lowest BCUT2D eigenvalue weighted by atomic mass is 9.99. The van der Waals surface area contributed by atoms with Crippen LogP contribution in [-0.4, -0.2) is 52.6 Å². The average molecular weight is 517 g/mol. The standard InChI is InChI=1S/C30H32N2O6/c1-17-25(36-2)14-21(15-26(17)37-3)30(35)27(38-22-12-19-6-4-5-7-20(19)13-22)16-28-31-23-9-8-18(11-29(33)34)10-24(23)32-28/h4-10,14-15,22,27,30,35H,11-13,16H2,1-3H3,(H,31,32)(H,33,34)/t27?,30-/m1/s1. The van der Waals surface area contributed by atoms with E-state index in [0.717, 1.165) is 23.9 Å². The minimum atomic E-state index is -0.974. The number of carboxylic acids is 1. The van der Waals surface area contributed by atoms with Crippen molar-refractivity contribution in [3.05, 3.63) is 88.2 Å². The van der Waals surface area contributed by atoms with Crippen LogP contribution < -0.4 is 9.47 Å². The third-order valence-corrected chi connectivity index (χ3v) is 7.20. The SMILES string of the molecule is COc1cc([C@@H](O)C(Cc2nc3cc(CC(=O)O)ccc3[nH]2)OC2Cc3ccccc3C2)cc(OC)c1C. The van der Waals surface area contributed by atoms with E-state index in [9.17, 15) is 9.90 Å². The number of imidazole rings is 1. The molecule has 3 N–H and O–H groups in total. The van der Waals surface area contributed by atoms with Gasteiger partial charge in [0.15, 0.2) is 0 Å². The molecule has 0 saturated carbocycles. The van der Waals surface area contributed by atoms with Crippen LogP contribution in [0.25, 0.3) is 11.0 Å². The molecule has 0 radical (unpaired) electrons. The number of ether oxygens (including phenoxy) is 3. The minimum Gasteiger partial charge on any atom is -0.496 e. The lowest BCUT2D eigenvalue weighted by Gasteiger charge is -2.27. The van der Waals surface area contributed by atoms with Crippen molar-refractivity contribution in [3.8, 4) is 11.5 Å². The number of aliphatic hydroxyl groups excluding tert-OH is 1. The van der Waals surface area contributed by atoms with Gasteiger partial charge in [-0.3, -0.25) is 4.79 Å². The van der Waals surface area contributed by atoms with Gasteiger partial charge in [0.25, 0.3) is 0 Å². The zero-order valence-corrected chi connectivity index (χ0v) is 21.7. The largest absolute Gasteiger partial charge is 0.496 e. The van der Waals surface area contributed by atoms with Crippen LogP contribution in [0.5, 0.6) is 11.5 Å².